The van der Waals surface area contributed by atoms with E-state index in [-0.39, 0.29) is 51.2 Å². The Kier molecular flexibility index (Phi) is 228. The molecule has 1 radical (unpaired) electrons. The van der Waals surface area contributed by atoms with E-state index in [4.69, 9.17) is 3.83 Å². The van der Waals surface area contributed by atoms with Crippen molar-refractivity contribution < 1.29 is 71.0 Å². The molecule has 0 aliphatic carbocycles. The second kappa shape index (κ2) is 39.7. The summed E-state index contributed by atoms with van der Waals surface area (Å²) < 4.78 is 8.06. The fourth-order valence-corrected chi connectivity index (χ4v) is 0. The normalized spacial score (nSPS) is 0.800. The molecule has 5 heavy (non-hydrogen) atoms. The molecule has 36 valence electrons. The van der Waals surface area contributed by atoms with Crippen molar-refractivity contribution in [3.63, 3.8) is 0 Å². The van der Waals surface area contributed by atoms with E-state index < -0.39 is 0 Å². The molecule has 0 aromatic rings. The van der Waals surface area contributed by atoms with Crippen LogP contribution in [0.5, 0.6) is 0 Å². The molecule has 1 nitrogen and oxygen atoms in total. The molecule has 0 rings (SSSR count). The molecule has 0 amide bonds. The molecule has 0 aromatic heterocycles. The quantitative estimate of drug-likeness (QED) is 0.537. The van der Waals surface area contributed by atoms with Crippen molar-refractivity contribution >= 4 is 0 Å². The van der Waals surface area contributed by atoms with Crippen molar-refractivity contribution in [2.45, 2.75) is 0 Å². The maximum atomic E-state index is 8.06. The summed E-state index contributed by atoms with van der Waals surface area (Å²) in [6.07, 6.45) is 0. The summed E-state index contributed by atoms with van der Waals surface area (Å²) >= 11 is 1.69. The second-order valence-corrected chi connectivity index (χ2v) is 0. The van der Waals surface area contributed by atoms with Gasteiger partial charge in [-0.05, 0) is 0 Å². The van der Waals surface area contributed by atoms with Gasteiger partial charge in [0.1, 0.15) is 0 Å². The first-order valence-electron chi connectivity index (χ1n) is 0.154. The molecular weight excluding hydrogens is 238 g/mol. The monoisotopic (exact) mass is 238 g/mol. The standard InChI is InChI=1S/Co.Cr.Fe.Mn.O. The van der Waals surface area contributed by atoms with Crippen molar-refractivity contribution in [1.29, 1.82) is 0 Å². The van der Waals surface area contributed by atoms with Crippen LogP contribution in [0.25, 0.3) is 0 Å². The van der Waals surface area contributed by atoms with Gasteiger partial charge in [-0.25, -0.2) is 0 Å². The Morgan fingerprint density at radius 2 is 1.20 bits per heavy atom. The molecule has 0 unspecified atom stereocenters. The van der Waals surface area contributed by atoms with Gasteiger partial charge >= 0.3 is 19.8 Å². The molecule has 0 N–H and O–H groups in total. The van der Waals surface area contributed by atoms with Gasteiger partial charge in [-0.3, -0.25) is 0 Å². The van der Waals surface area contributed by atoms with Gasteiger partial charge in [0.15, 0.2) is 0 Å². The van der Waals surface area contributed by atoms with Gasteiger partial charge in [-0.2, -0.15) is 0 Å². The molecule has 0 bridgehead atoms. The molecule has 5 heteroatoms. The Hall–Kier alpha value is 1.88. The number of rotatable bonds is 0. The molecule has 0 atom stereocenters. The van der Waals surface area contributed by atoms with Gasteiger partial charge in [0.2, 0.25) is 0 Å². The minimum atomic E-state index is 0. The Morgan fingerprint density at radius 1 is 1.20 bits per heavy atom. The van der Waals surface area contributed by atoms with Gasteiger partial charge in [-0.1, -0.05) is 0 Å². The summed E-state index contributed by atoms with van der Waals surface area (Å²) in [6.45, 7) is 0. The zero-order chi connectivity index (χ0) is 2.00. The fraction of sp³-hybridized carbons (Fsp3) is 0. The Morgan fingerprint density at radius 3 is 1.20 bits per heavy atom. The van der Waals surface area contributed by atoms with Crippen molar-refractivity contribution in [3.8, 4) is 0 Å². The van der Waals surface area contributed by atoms with Crippen LogP contribution in [0.2, 0.25) is 0 Å². The van der Waals surface area contributed by atoms with E-state index in [9.17, 15) is 0 Å². The topological polar surface area (TPSA) is 17.1 Å². The van der Waals surface area contributed by atoms with Crippen LogP contribution in [0.1, 0.15) is 0 Å². The van der Waals surface area contributed by atoms with E-state index in [0.29, 0.717) is 0 Å². The van der Waals surface area contributed by atoms with Gasteiger partial charge in [-0.15, -0.1) is 0 Å². The van der Waals surface area contributed by atoms with Crippen LogP contribution in [0.15, 0.2) is 0 Å². The molecule has 0 saturated heterocycles. The fourth-order valence-electron chi connectivity index (χ4n) is 0. The first-order chi connectivity index (χ1) is 1.00. The Labute approximate surface area is 70.5 Å². The summed E-state index contributed by atoms with van der Waals surface area (Å²) in [4.78, 5) is 0. The van der Waals surface area contributed by atoms with Crippen LogP contribution >= 0.6 is 0 Å². The third-order valence-electron chi connectivity index (χ3n) is 0. The summed E-state index contributed by atoms with van der Waals surface area (Å²) in [5.74, 6) is 0. The van der Waals surface area contributed by atoms with E-state index >= 15 is 0 Å². The van der Waals surface area contributed by atoms with Crippen LogP contribution in [0.4, 0.5) is 0 Å². The molecule has 0 aliphatic rings. The summed E-state index contributed by atoms with van der Waals surface area (Å²) in [5, 5.41) is 0. The van der Waals surface area contributed by atoms with Crippen molar-refractivity contribution in [3.05, 3.63) is 0 Å². The third-order valence-corrected chi connectivity index (χ3v) is 0. The number of hydrogen-bond acceptors (Lipinski definition) is 1. The minimum absolute atomic E-state index is 0. The van der Waals surface area contributed by atoms with Crippen LogP contribution in [0.3, 0.4) is 0 Å². The summed E-state index contributed by atoms with van der Waals surface area (Å²) in [5.41, 5.74) is 0. The maximum absolute atomic E-state index is 8.06. The van der Waals surface area contributed by atoms with Crippen molar-refractivity contribution in [2.24, 2.45) is 0 Å². The van der Waals surface area contributed by atoms with E-state index in [2.05, 4.69) is 0 Å². The molecular formula is CoCrFeMnO. The van der Waals surface area contributed by atoms with Crippen LogP contribution in [0, 0.1) is 0 Å². The molecule has 0 saturated carbocycles. The molecule has 0 spiro atoms. The summed E-state index contributed by atoms with van der Waals surface area (Å²) in [7, 11) is 0. The van der Waals surface area contributed by atoms with Gasteiger partial charge in [0.25, 0.3) is 0 Å². The van der Waals surface area contributed by atoms with Crippen LogP contribution in [-0.4, -0.2) is 0 Å². The molecule has 0 aromatic carbocycles. The zero-order valence-corrected chi connectivity index (χ0v) is 6.48. The predicted octanol–water partition coefficient (Wildman–Crippen LogP) is -0.129. The zero-order valence-electron chi connectivity index (χ0n) is 1.88. The van der Waals surface area contributed by atoms with Crippen molar-refractivity contribution in [2.75, 3.05) is 0 Å². The van der Waals surface area contributed by atoms with Crippen LogP contribution < -0.4 is 0 Å². The SMILES string of the molecule is [Co].[Cr].[Fe].[O]=[Mn]. The molecule has 0 heterocycles. The predicted molar refractivity (Wildman–Crippen MR) is 0.686 cm³/mol. The first kappa shape index (κ1) is 28.7. The van der Waals surface area contributed by atoms with E-state index in [1.54, 1.807) is 15.9 Å². The summed E-state index contributed by atoms with van der Waals surface area (Å²) in [6, 6.07) is 0. The molecule has 0 aliphatic heterocycles. The van der Waals surface area contributed by atoms with Gasteiger partial charge in [0.05, 0.1) is 0 Å². The third kappa shape index (κ3) is 25.1. The average molecular weight is 238 g/mol. The van der Waals surface area contributed by atoms with E-state index in [0.717, 1.165) is 0 Å². The van der Waals surface area contributed by atoms with Gasteiger partial charge in [0, 0.05) is 51.2 Å². The number of hydrogen-bond donors (Lipinski definition) is 0. The van der Waals surface area contributed by atoms with E-state index in [1.165, 1.54) is 0 Å². The van der Waals surface area contributed by atoms with Crippen molar-refractivity contribution in [1.82, 2.24) is 0 Å². The second-order valence-electron chi connectivity index (χ2n) is 0. The Balaban J connectivity index is -0.00000000167. The van der Waals surface area contributed by atoms with Gasteiger partial charge < -0.3 is 0 Å². The average Bonchev–Trinajstić information content (AvgIpc) is 1.00. The Bertz CT molecular complexity index is 11.6. The van der Waals surface area contributed by atoms with E-state index in [1.807, 2.05) is 0 Å². The molecule has 0 fully saturated rings. The van der Waals surface area contributed by atoms with Crippen LogP contribution in [-0.2, 0) is 71.0 Å². The first-order valence-corrected chi connectivity index (χ1v) is 0.636.